The van der Waals surface area contributed by atoms with Gasteiger partial charge in [-0.05, 0) is 29.9 Å². The zero-order valence-electron chi connectivity index (χ0n) is 13.7. The number of nitrogens with zero attached hydrogens (tertiary/aromatic N) is 2. The van der Waals surface area contributed by atoms with E-state index in [0.717, 1.165) is 12.0 Å². The normalized spacial score (nSPS) is 13.5. The molecule has 0 fully saturated rings. The van der Waals surface area contributed by atoms with Gasteiger partial charge in [-0.3, -0.25) is 4.68 Å². The monoisotopic (exact) mass is 320 g/mol. The van der Waals surface area contributed by atoms with E-state index in [9.17, 15) is 8.42 Å². The van der Waals surface area contributed by atoms with Crippen LogP contribution in [0.2, 0.25) is 0 Å². The second-order valence-corrected chi connectivity index (χ2v) is 8.24. The van der Waals surface area contributed by atoms with Crippen molar-refractivity contribution >= 4 is 9.84 Å². The summed E-state index contributed by atoms with van der Waals surface area (Å²) in [4.78, 5) is 0.292. The molecule has 1 heterocycles. The third kappa shape index (κ3) is 3.58. The van der Waals surface area contributed by atoms with Crippen molar-refractivity contribution in [3.05, 3.63) is 47.8 Å². The molecule has 0 aliphatic rings. The predicted molar refractivity (Wildman–Crippen MR) is 88.4 cm³/mol. The van der Waals surface area contributed by atoms with Crippen molar-refractivity contribution < 1.29 is 8.42 Å². The number of rotatable bonds is 6. The van der Waals surface area contributed by atoms with Gasteiger partial charge in [0.25, 0.3) is 0 Å². The number of aromatic nitrogens is 2. The molecule has 0 saturated carbocycles. The quantitative estimate of drug-likeness (QED) is 0.818. The molecule has 0 N–H and O–H groups in total. The topological polar surface area (TPSA) is 52.0 Å². The van der Waals surface area contributed by atoms with E-state index >= 15 is 0 Å². The molecular formula is C17H24N2O2S. The van der Waals surface area contributed by atoms with Crippen molar-refractivity contribution in [2.75, 3.05) is 0 Å². The van der Waals surface area contributed by atoms with E-state index in [1.807, 2.05) is 38.1 Å². The van der Waals surface area contributed by atoms with Crippen molar-refractivity contribution in [1.82, 2.24) is 9.78 Å². The molecule has 0 spiro atoms. The number of hydrogen-bond acceptors (Lipinski definition) is 3. The Morgan fingerprint density at radius 1 is 1.18 bits per heavy atom. The van der Waals surface area contributed by atoms with Gasteiger partial charge in [-0.1, -0.05) is 45.0 Å². The van der Waals surface area contributed by atoms with Crippen LogP contribution in [0.4, 0.5) is 0 Å². The summed E-state index contributed by atoms with van der Waals surface area (Å²) in [5.74, 6) is 0.294. The van der Waals surface area contributed by atoms with Gasteiger partial charge in [0.1, 0.15) is 4.90 Å². The summed E-state index contributed by atoms with van der Waals surface area (Å²) < 4.78 is 27.5. The molecule has 1 atom stereocenters. The minimum absolute atomic E-state index is 0.292. The second-order valence-electron chi connectivity index (χ2n) is 6.11. The van der Waals surface area contributed by atoms with Crippen LogP contribution in [0.25, 0.3) is 0 Å². The zero-order valence-corrected chi connectivity index (χ0v) is 14.5. The first kappa shape index (κ1) is 16.7. The molecule has 0 amide bonds. The third-order valence-corrected chi connectivity index (χ3v) is 5.91. The van der Waals surface area contributed by atoms with Crippen molar-refractivity contribution in [1.29, 1.82) is 0 Å². The highest BCUT2D eigenvalue weighted by atomic mass is 32.2. The highest BCUT2D eigenvalue weighted by Crippen LogP contribution is 2.34. The Kier molecular flexibility index (Phi) is 5.06. The molecule has 0 aliphatic carbocycles. The summed E-state index contributed by atoms with van der Waals surface area (Å²) in [6.45, 7) is 6.19. The fraction of sp³-hybridized carbons (Fsp3) is 0.471. The Bertz CT molecular complexity index is 715. The zero-order chi connectivity index (χ0) is 16.3. The molecule has 0 bridgehead atoms. The molecule has 22 heavy (non-hydrogen) atoms. The Balaban J connectivity index is 2.44. The fourth-order valence-corrected chi connectivity index (χ4v) is 4.52. The van der Waals surface area contributed by atoms with Crippen LogP contribution in [-0.2, 0) is 23.3 Å². The molecule has 1 aromatic carbocycles. The third-order valence-electron chi connectivity index (χ3n) is 3.83. The van der Waals surface area contributed by atoms with Gasteiger partial charge in [-0.2, -0.15) is 5.10 Å². The highest BCUT2D eigenvalue weighted by Gasteiger charge is 2.30. The number of benzene rings is 1. The van der Waals surface area contributed by atoms with Crippen LogP contribution in [0.1, 0.15) is 43.6 Å². The maximum absolute atomic E-state index is 13.0. The van der Waals surface area contributed by atoms with E-state index in [0.29, 0.717) is 17.2 Å². The molecule has 1 aromatic heterocycles. The largest absolute Gasteiger partial charge is 0.274 e. The smallest absolute Gasteiger partial charge is 0.188 e. The van der Waals surface area contributed by atoms with Crippen molar-refractivity contribution in [2.45, 2.75) is 43.8 Å². The van der Waals surface area contributed by atoms with E-state index in [2.05, 4.69) is 12.0 Å². The van der Waals surface area contributed by atoms with Crippen molar-refractivity contribution in [3.8, 4) is 0 Å². The van der Waals surface area contributed by atoms with Crippen LogP contribution < -0.4 is 0 Å². The van der Waals surface area contributed by atoms with E-state index in [1.165, 1.54) is 16.4 Å². The minimum atomic E-state index is -3.43. The van der Waals surface area contributed by atoms with Gasteiger partial charge in [0.15, 0.2) is 9.84 Å². The van der Waals surface area contributed by atoms with Crippen LogP contribution in [0.5, 0.6) is 0 Å². The van der Waals surface area contributed by atoms with Crippen LogP contribution in [-0.4, -0.2) is 18.2 Å². The lowest BCUT2D eigenvalue weighted by Gasteiger charge is -2.19. The summed E-state index contributed by atoms with van der Waals surface area (Å²) in [7, 11) is -1.70. The molecule has 1 unspecified atom stereocenters. The molecule has 0 aliphatic heterocycles. The minimum Gasteiger partial charge on any atom is -0.274 e. The summed E-state index contributed by atoms with van der Waals surface area (Å²) in [6.07, 6.45) is 4.55. The molecule has 0 saturated heterocycles. The van der Waals surface area contributed by atoms with Gasteiger partial charge >= 0.3 is 0 Å². The van der Waals surface area contributed by atoms with Gasteiger partial charge in [-0.15, -0.1) is 0 Å². The summed E-state index contributed by atoms with van der Waals surface area (Å²) >= 11 is 0. The van der Waals surface area contributed by atoms with Crippen molar-refractivity contribution in [2.24, 2.45) is 13.0 Å². The molecule has 2 aromatic rings. The van der Waals surface area contributed by atoms with Gasteiger partial charge in [0, 0.05) is 13.2 Å². The van der Waals surface area contributed by atoms with Crippen LogP contribution >= 0.6 is 0 Å². The molecule has 5 heteroatoms. The average Bonchev–Trinajstić information content (AvgIpc) is 2.92. The van der Waals surface area contributed by atoms with E-state index in [-0.39, 0.29) is 0 Å². The lowest BCUT2D eigenvalue weighted by Crippen LogP contribution is -2.16. The lowest BCUT2D eigenvalue weighted by molar-refractivity contribution is 0.531. The van der Waals surface area contributed by atoms with Crippen molar-refractivity contribution in [3.63, 3.8) is 0 Å². The SMILES string of the molecule is CCc1ccc(C(CC(C)C)S(=O)(=O)c2cnn(C)c2)cc1. The van der Waals surface area contributed by atoms with Crippen LogP contribution in [0.15, 0.2) is 41.6 Å². The maximum atomic E-state index is 13.0. The van der Waals surface area contributed by atoms with Gasteiger partial charge in [0.05, 0.1) is 11.4 Å². The first-order chi connectivity index (χ1) is 10.3. The molecular weight excluding hydrogens is 296 g/mol. The molecule has 4 nitrogen and oxygen atoms in total. The maximum Gasteiger partial charge on any atom is 0.188 e. The number of hydrogen-bond donors (Lipinski definition) is 0. The molecule has 0 radical (unpaired) electrons. The first-order valence-electron chi connectivity index (χ1n) is 7.66. The Morgan fingerprint density at radius 3 is 2.27 bits per heavy atom. The Hall–Kier alpha value is -1.62. The second kappa shape index (κ2) is 6.65. The van der Waals surface area contributed by atoms with E-state index in [1.54, 1.807) is 13.2 Å². The van der Waals surface area contributed by atoms with E-state index in [4.69, 9.17) is 0 Å². The molecule has 120 valence electrons. The van der Waals surface area contributed by atoms with Gasteiger partial charge in [-0.25, -0.2) is 8.42 Å². The first-order valence-corrected chi connectivity index (χ1v) is 9.20. The Labute approximate surface area is 133 Å². The lowest BCUT2D eigenvalue weighted by atomic mass is 10.0. The number of aryl methyl sites for hydroxylation is 2. The Morgan fingerprint density at radius 2 is 1.82 bits per heavy atom. The highest BCUT2D eigenvalue weighted by molar-refractivity contribution is 7.91. The van der Waals surface area contributed by atoms with E-state index < -0.39 is 15.1 Å². The molecule has 2 rings (SSSR count). The summed E-state index contributed by atoms with van der Waals surface area (Å²) in [5.41, 5.74) is 2.07. The number of sulfone groups is 1. The summed E-state index contributed by atoms with van der Waals surface area (Å²) in [6, 6.07) is 7.92. The van der Waals surface area contributed by atoms with Gasteiger partial charge in [0.2, 0.25) is 0 Å². The standard InChI is InChI=1S/C17H24N2O2S/c1-5-14-6-8-15(9-7-14)17(10-13(2)3)22(20,21)16-11-18-19(4)12-16/h6-9,11-13,17H,5,10H2,1-4H3. The van der Waals surface area contributed by atoms with Crippen LogP contribution in [0.3, 0.4) is 0 Å². The van der Waals surface area contributed by atoms with Gasteiger partial charge < -0.3 is 0 Å². The fourth-order valence-electron chi connectivity index (χ4n) is 2.55. The predicted octanol–water partition coefficient (Wildman–Crippen LogP) is 3.54. The summed E-state index contributed by atoms with van der Waals surface area (Å²) in [5, 5.41) is 3.48. The average molecular weight is 320 g/mol. The van der Waals surface area contributed by atoms with Crippen LogP contribution in [0, 0.1) is 5.92 Å².